The van der Waals surface area contributed by atoms with Crippen molar-refractivity contribution in [3.05, 3.63) is 68.6 Å². The zero-order valence-corrected chi connectivity index (χ0v) is 22.8. The third-order valence-corrected chi connectivity index (χ3v) is 7.71. The largest absolute Gasteiger partial charge is 0.496 e. The topological polar surface area (TPSA) is 130 Å². The maximum atomic E-state index is 14.0. The summed E-state index contributed by atoms with van der Waals surface area (Å²) in [6, 6.07) is 6.95. The first-order chi connectivity index (χ1) is 18.1. The van der Waals surface area contributed by atoms with Crippen LogP contribution >= 0.6 is 11.3 Å². The van der Waals surface area contributed by atoms with E-state index < -0.39 is 28.9 Å². The molecule has 0 aliphatic heterocycles. The first-order valence-corrected chi connectivity index (χ1v) is 13.1. The highest BCUT2D eigenvalue weighted by molar-refractivity contribution is 7.21. The van der Waals surface area contributed by atoms with Gasteiger partial charge in [0.2, 0.25) is 0 Å². The van der Waals surface area contributed by atoms with E-state index in [2.05, 4.69) is 10.2 Å². The number of hydrogen-bond acceptors (Lipinski definition) is 9. The highest BCUT2D eigenvalue weighted by atomic mass is 32.1. The summed E-state index contributed by atoms with van der Waals surface area (Å²) in [5.74, 6) is -0.232. The highest BCUT2D eigenvalue weighted by Crippen LogP contribution is 2.32. The van der Waals surface area contributed by atoms with Crippen LogP contribution in [-0.4, -0.2) is 48.9 Å². The molecule has 4 rings (SSSR count). The van der Waals surface area contributed by atoms with Crippen molar-refractivity contribution >= 4 is 27.5 Å². The molecule has 1 atom stereocenters. The van der Waals surface area contributed by atoms with Crippen LogP contribution in [0, 0.1) is 6.92 Å². The first kappa shape index (κ1) is 27.3. The Hall–Kier alpha value is -3.77. The van der Waals surface area contributed by atoms with Gasteiger partial charge in [-0.2, -0.15) is 10.2 Å². The van der Waals surface area contributed by atoms with Gasteiger partial charge in [0.1, 0.15) is 27.2 Å². The number of para-hydroxylation sites is 1. The number of benzene rings is 1. The predicted octanol–water partition coefficient (Wildman–Crippen LogP) is 2.93. The smallest absolute Gasteiger partial charge is 0.333 e. The summed E-state index contributed by atoms with van der Waals surface area (Å²) in [5, 5.41) is 20.3. The second-order valence-electron chi connectivity index (χ2n) is 9.37. The number of hydrogen-bond donors (Lipinski definition) is 1. The minimum Gasteiger partial charge on any atom is -0.496 e. The number of methoxy groups -OCH3 is 1. The zero-order valence-electron chi connectivity index (χ0n) is 22.0. The van der Waals surface area contributed by atoms with E-state index in [-0.39, 0.29) is 18.5 Å². The molecule has 0 aliphatic carbocycles. The van der Waals surface area contributed by atoms with Crippen molar-refractivity contribution in [2.75, 3.05) is 13.7 Å². The fraction of sp³-hybridized carbons (Fsp3) is 0.423. The van der Waals surface area contributed by atoms with Crippen LogP contribution in [0.25, 0.3) is 15.2 Å². The molecule has 11 nitrogen and oxygen atoms in total. The van der Waals surface area contributed by atoms with Gasteiger partial charge in [-0.3, -0.25) is 9.36 Å². The van der Waals surface area contributed by atoms with Crippen LogP contribution in [0.1, 0.15) is 50.8 Å². The van der Waals surface area contributed by atoms with Gasteiger partial charge in [-0.25, -0.2) is 14.2 Å². The Bertz CT molecular complexity index is 1570. The van der Waals surface area contributed by atoms with E-state index in [4.69, 9.17) is 9.47 Å². The van der Waals surface area contributed by atoms with Crippen molar-refractivity contribution < 1.29 is 19.4 Å². The maximum Gasteiger partial charge on any atom is 0.333 e. The normalized spacial score (nSPS) is 12.6. The van der Waals surface area contributed by atoms with E-state index in [9.17, 15) is 19.5 Å². The number of unbranched alkanes of at least 4 members (excludes halogenated alkanes) is 1. The van der Waals surface area contributed by atoms with Crippen molar-refractivity contribution in [3.63, 3.8) is 0 Å². The van der Waals surface area contributed by atoms with Crippen molar-refractivity contribution in [2.24, 2.45) is 0 Å². The maximum absolute atomic E-state index is 14.0. The lowest BCUT2D eigenvalue weighted by molar-refractivity contribution is -0.153. The average Bonchev–Trinajstić information content (AvgIpc) is 3.54. The Balaban J connectivity index is 1.95. The number of rotatable bonds is 10. The molecule has 0 radical (unpaired) electrons. The van der Waals surface area contributed by atoms with Crippen molar-refractivity contribution in [1.82, 2.24) is 24.1 Å². The second kappa shape index (κ2) is 10.9. The minimum atomic E-state index is -1.61. The lowest BCUT2D eigenvalue weighted by atomic mass is 10.0. The number of thiophene rings is 1. The van der Waals surface area contributed by atoms with Crippen LogP contribution < -0.4 is 16.0 Å². The second-order valence-corrected chi connectivity index (χ2v) is 10.3. The van der Waals surface area contributed by atoms with Crippen LogP contribution in [0.3, 0.4) is 0 Å². The van der Waals surface area contributed by atoms with Crippen molar-refractivity contribution in [1.29, 1.82) is 0 Å². The predicted molar refractivity (Wildman–Crippen MR) is 143 cm³/mol. The minimum absolute atomic E-state index is 0.184. The fourth-order valence-corrected chi connectivity index (χ4v) is 5.51. The summed E-state index contributed by atoms with van der Waals surface area (Å²) in [4.78, 5) is 42.6. The molecule has 1 N–H and O–H groups in total. The number of aromatic nitrogens is 5. The number of carbonyl (C=O) groups excluding carboxylic acids is 1. The van der Waals surface area contributed by atoms with Gasteiger partial charge >= 0.3 is 11.7 Å². The first-order valence-electron chi connectivity index (χ1n) is 12.3. The standard InChI is InChI=1S/C26H31N5O6S/c1-6-7-14-37-24(34)26(3,4)30-21(33)20-16(2)22(31-27-12-13-28-31)38-23(20)29(25(30)35)15-18(32)17-10-8-9-11-19(17)36-5/h8-13,18,32H,6-7,14-15H2,1-5H3/t18-/m0/s1. The fourth-order valence-electron chi connectivity index (χ4n) is 4.29. The molecule has 0 aliphatic rings. The number of nitrogens with zero attached hydrogens (tertiary/aromatic N) is 5. The van der Waals surface area contributed by atoms with Gasteiger partial charge in [0.15, 0.2) is 0 Å². The summed E-state index contributed by atoms with van der Waals surface area (Å²) >= 11 is 1.16. The number of aryl methyl sites for hydroxylation is 1. The van der Waals surface area contributed by atoms with Gasteiger partial charge in [0.25, 0.3) is 5.56 Å². The number of ether oxygens (including phenoxy) is 2. The summed E-state index contributed by atoms with van der Waals surface area (Å²) in [6.07, 6.45) is 3.36. The molecule has 3 aromatic heterocycles. The SMILES string of the molecule is CCCCOC(=O)C(C)(C)n1c(=O)c2c(C)c(-n3nccn3)sc2n(C[C@H](O)c2ccccc2OC)c1=O. The molecule has 0 bridgehead atoms. The molecule has 3 heterocycles. The molecule has 12 heteroatoms. The Kier molecular flexibility index (Phi) is 7.83. The molecular formula is C26H31N5O6S. The van der Waals surface area contributed by atoms with E-state index in [1.54, 1.807) is 31.2 Å². The molecule has 38 heavy (non-hydrogen) atoms. The lowest BCUT2D eigenvalue weighted by Gasteiger charge is -2.26. The molecule has 0 saturated carbocycles. The third-order valence-electron chi connectivity index (χ3n) is 6.43. The van der Waals surface area contributed by atoms with E-state index >= 15 is 0 Å². The van der Waals surface area contributed by atoms with Gasteiger partial charge in [0.05, 0.1) is 38.0 Å². The summed E-state index contributed by atoms with van der Waals surface area (Å²) < 4.78 is 13.0. The average molecular weight is 542 g/mol. The Morgan fingerprint density at radius 3 is 2.53 bits per heavy atom. The van der Waals surface area contributed by atoms with Crippen molar-refractivity contribution in [2.45, 2.75) is 58.7 Å². The Morgan fingerprint density at radius 1 is 1.18 bits per heavy atom. The molecule has 0 spiro atoms. The zero-order chi connectivity index (χ0) is 27.6. The molecule has 4 aromatic rings. The van der Waals surface area contributed by atoms with Crippen LogP contribution in [-0.2, 0) is 21.6 Å². The monoisotopic (exact) mass is 541 g/mol. The third kappa shape index (κ3) is 4.76. The van der Waals surface area contributed by atoms with Gasteiger partial charge < -0.3 is 14.6 Å². The van der Waals surface area contributed by atoms with E-state index in [0.29, 0.717) is 33.1 Å². The van der Waals surface area contributed by atoms with Crippen LogP contribution in [0.15, 0.2) is 46.2 Å². The lowest BCUT2D eigenvalue weighted by Crippen LogP contribution is -2.53. The summed E-state index contributed by atoms with van der Waals surface area (Å²) in [7, 11) is 1.49. The number of carbonyl (C=O) groups is 1. The van der Waals surface area contributed by atoms with Crippen molar-refractivity contribution in [3.8, 4) is 10.8 Å². The molecule has 0 amide bonds. The molecule has 0 unspecified atom stereocenters. The molecule has 1 aromatic carbocycles. The molecule has 0 saturated heterocycles. The van der Waals surface area contributed by atoms with Gasteiger partial charge in [-0.15, -0.1) is 4.80 Å². The highest BCUT2D eigenvalue weighted by Gasteiger charge is 2.37. The Labute approximate surface area is 222 Å². The summed E-state index contributed by atoms with van der Waals surface area (Å²) in [5.41, 5.74) is -1.94. The van der Waals surface area contributed by atoms with E-state index in [1.165, 1.54) is 42.7 Å². The van der Waals surface area contributed by atoms with E-state index in [1.807, 2.05) is 6.92 Å². The van der Waals surface area contributed by atoms with E-state index in [0.717, 1.165) is 22.3 Å². The van der Waals surface area contributed by atoms with Crippen LogP contribution in [0.2, 0.25) is 0 Å². The molecular weight excluding hydrogens is 510 g/mol. The number of esters is 1. The quantitative estimate of drug-likeness (QED) is 0.240. The number of aliphatic hydroxyl groups is 1. The van der Waals surface area contributed by atoms with Gasteiger partial charge in [0, 0.05) is 11.1 Å². The van der Waals surface area contributed by atoms with Crippen LogP contribution in [0.4, 0.5) is 0 Å². The molecule has 202 valence electrons. The van der Waals surface area contributed by atoms with Crippen LogP contribution in [0.5, 0.6) is 5.75 Å². The number of fused-ring (bicyclic) bond motifs is 1. The molecule has 0 fully saturated rings. The summed E-state index contributed by atoms with van der Waals surface area (Å²) in [6.45, 7) is 6.66. The number of aliphatic hydroxyl groups excluding tert-OH is 1. The Morgan fingerprint density at radius 2 is 1.87 bits per heavy atom. The van der Waals surface area contributed by atoms with Gasteiger partial charge in [-0.1, -0.05) is 42.9 Å². The van der Waals surface area contributed by atoms with Gasteiger partial charge in [-0.05, 0) is 33.3 Å².